The number of rotatable bonds is 18. The van der Waals surface area contributed by atoms with E-state index in [0.29, 0.717) is 48.8 Å². The van der Waals surface area contributed by atoms with E-state index in [-0.39, 0.29) is 49.9 Å². The summed E-state index contributed by atoms with van der Waals surface area (Å²) in [4.78, 5) is 101. The average molecular weight is 1140 g/mol. The predicted molar refractivity (Wildman–Crippen MR) is 269 cm³/mol. The minimum absolute atomic E-state index is 0.0150. The van der Waals surface area contributed by atoms with Crippen LogP contribution in [0.4, 0.5) is 40.3 Å². The number of anilines is 4. The van der Waals surface area contributed by atoms with Crippen LogP contribution < -0.4 is 21.3 Å². The zero-order valence-electron chi connectivity index (χ0n) is 44.5. The summed E-state index contributed by atoms with van der Waals surface area (Å²) in [7, 11) is 7.72. The molecule has 0 aliphatic carbocycles. The van der Waals surface area contributed by atoms with Gasteiger partial charge in [-0.05, 0) is 86.6 Å². The van der Waals surface area contributed by atoms with Crippen LogP contribution in [0.25, 0.3) is 0 Å². The summed E-state index contributed by atoms with van der Waals surface area (Å²) < 4.78 is 92.1. The molecule has 0 saturated carbocycles. The fourth-order valence-electron chi connectivity index (χ4n) is 7.12. The van der Waals surface area contributed by atoms with Gasteiger partial charge >= 0.3 is 48.1 Å². The van der Waals surface area contributed by atoms with Crippen LogP contribution in [-0.2, 0) is 76.3 Å². The average Bonchev–Trinajstić information content (AvgIpc) is 4.11. The largest absolute Gasteiger partial charge is 0.479 e. The van der Waals surface area contributed by atoms with E-state index in [9.17, 15) is 46.3 Å². The molecule has 6 N–H and O–H groups in total. The lowest BCUT2D eigenvalue weighted by Gasteiger charge is -2.28. The van der Waals surface area contributed by atoms with Crippen molar-refractivity contribution in [3.05, 3.63) is 119 Å². The number of benzene rings is 4. The number of esters is 4. The molecular weight excluding hydrogens is 1080 g/mol. The Morgan fingerprint density at radius 1 is 0.562 bits per heavy atom. The SMILES string of the molecule is COC(=O)c1ccc(N[C@]2(C(=O)OC)CCOC2)cc1F.COC[C@@](C)(Nc1ccc(C(=O)OC)c(F)c1)C(=O)OC.COC[C@@](C)(Nc1cccc(F)c1)C(=O)O.O=C(O)[C@@]1(Nc2cccc(F)c2)CCOC1.O=C=O.O=C=O. The molecule has 2 aliphatic rings. The summed E-state index contributed by atoms with van der Waals surface area (Å²) >= 11 is 0. The molecule has 4 atom stereocenters. The Labute approximate surface area is 455 Å². The minimum atomic E-state index is -1.28. The summed E-state index contributed by atoms with van der Waals surface area (Å²) in [6.07, 6.45) is 1.29. The first-order valence-electron chi connectivity index (χ1n) is 23.0. The van der Waals surface area contributed by atoms with E-state index in [1.807, 2.05) is 0 Å². The van der Waals surface area contributed by atoms with Gasteiger partial charge in [-0.25, -0.2) is 46.3 Å². The monoisotopic (exact) mass is 1140 g/mol. The normalized spacial score (nSPS) is 16.9. The first-order chi connectivity index (χ1) is 37.8. The first kappa shape index (κ1) is 69.2. The molecule has 28 heteroatoms. The molecule has 0 radical (unpaired) electrons. The number of hydrogen-bond donors (Lipinski definition) is 6. The number of methoxy groups -OCH3 is 6. The second kappa shape index (κ2) is 34.2. The molecule has 2 heterocycles. The van der Waals surface area contributed by atoms with Crippen molar-refractivity contribution in [2.45, 2.75) is 48.8 Å². The number of carbonyl (C=O) groups excluding carboxylic acids is 8. The predicted octanol–water partition coefficient (Wildman–Crippen LogP) is 5.00. The van der Waals surface area contributed by atoms with Gasteiger partial charge in [-0.15, -0.1) is 0 Å². The third-order valence-electron chi connectivity index (χ3n) is 11.0. The molecule has 2 fully saturated rings. The standard InChI is InChI=1S/C14H16FNO5.C14H18FNO5.C11H12FNO3.C11H14FNO3.2CO2/c1-19-12(17)10-4-3-9(7-11(10)15)16-14(13(18)20-2)5-6-21-8-14;1-14(8-19-2,13(18)21-4)16-9-5-6-10(11(15)7-9)12(17)20-3;12-8-2-1-3-9(6-8)13-11(10(14)15)4-5-16-7-11;1-11(7-16-2,10(14)15)13-9-5-3-4-8(12)6-9;2*2-1-3/h3-4,7,16H,5-6,8H2,1-2H3;5-7,16H,8H2,1-4H3;1-3,6,13H,4-5,7H2,(H,14,15);3-6,13H,7H2,1-2H3,(H,14,15);;/t2*14-;2*11-;;/m1111../s1. The number of halogens is 4. The minimum Gasteiger partial charge on any atom is -0.479 e. The highest BCUT2D eigenvalue weighted by Gasteiger charge is 2.44. The van der Waals surface area contributed by atoms with Crippen molar-refractivity contribution in [2.24, 2.45) is 0 Å². The van der Waals surface area contributed by atoms with Crippen LogP contribution in [0.3, 0.4) is 0 Å². The number of ether oxygens (including phenoxy) is 8. The Kier molecular flexibility index (Phi) is 29.6. The van der Waals surface area contributed by atoms with Crippen LogP contribution in [0.15, 0.2) is 84.9 Å². The molecule has 436 valence electrons. The molecule has 0 aromatic heterocycles. The summed E-state index contributed by atoms with van der Waals surface area (Å²) in [5, 5.41) is 29.6. The third kappa shape index (κ3) is 21.2. The molecule has 0 unspecified atom stereocenters. The van der Waals surface area contributed by atoms with Gasteiger partial charge in [-0.1, -0.05) is 12.1 Å². The van der Waals surface area contributed by atoms with Crippen molar-refractivity contribution >= 4 is 70.9 Å². The molecule has 0 bridgehead atoms. The van der Waals surface area contributed by atoms with Gasteiger partial charge in [0.2, 0.25) is 0 Å². The van der Waals surface area contributed by atoms with Gasteiger partial charge in [0, 0.05) is 63.0 Å². The Morgan fingerprint density at radius 2 is 0.963 bits per heavy atom. The summed E-state index contributed by atoms with van der Waals surface area (Å²) in [6, 6.07) is 19.1. The second-order valence-corrected chi connectivity index (χ2v) is 17.0. The molecule has 80 heavy (non-hydrogen) atoms. The van der Waals surface area contributed by atoms with Crippen molar-refractivity contribution in [3.63, 3.8) is 0 Å². The van der Waals surface area contributed by atoms with Crippen LogP contribution in [0.5, 0.6) is 0 Å². The van der Waals surface area contributed by atoms with E-state index in [2.05, 4.69) is 30.7 Å². The van der Waals surface area contributed by atoms with Gasteiger partial charge in [0.1, 0.15) is 23.3 Å². The second-order valence-electron chi connectivity index (χ2n) is 17.0. The molecule has 24 nitrogen and oxygen atoms in total. The number of nitrogens with one attached hydrogen (secondary N) is 4. The van der Waals surface area contributed by atoms with Gasteiger partial charge in [-0.2, -0.15) is 19.2 Å². The first-order valence-corrected chi connectivity index (χ1v) is 23.0. The Balaban J connectivity index is 0.000000519. The van der Waals surface area contributed by atoms with E-state index in [1.54, 1.807) is 19.1 Å². The Bertz CT molecular complexity index is 2750. The maximum atomic E-state index is 13.9. The van der Waals surface area contributed by atoms with Gasteiger partial charge in [0.05, 0.1) is 66.0 Å². The number of carboxylic acids is 2. The van der Waals surface area contributed by atoms with E-state index < -0.39 is 81.2 Å². The number of hydrogen-bond acceptors (Lipinski definition) is 22. The maximum absolute atomic E-state index is 13.9. The van der Waals surface area contributed by atoms with E-state index >= 15 is 0 Å². The molecule has 0 amide bonds. The molecule has 4 aromatic carbocycles. The zero-order chi connectivity index (χ0) is 60.7. The molecule has 6 rings (SSSR count). The third-order valence-corrected chi connectivity index (χ3v) is 11.0. The van der Waals surface area contributed by atoms with Gasteiger partial charge in [0.15, 0.2) is 22.2 Å². The van der Waals surface area contributed by atoms with Crippen LogP contribution in [0.1, 0.15) is 47.4 Å². The highest BCUT2D eigenvalue weighted by Crippen LogP contribution is 2.28. The smallest absolute Gasteiger partial charge is 0.373 e. The van der Waals surface area contributed by atoms with Crippen molar-refractivity contribution in [1.29, 1.82) is 0 Å². The van der Waals surface area contributed by atoms with Crippen molar-refractivity contribution in [1.82, 2.24) is 0 Å². The lowest BCUT2D eigenvalue weighted by Crippen LogP contribution is -2.48. The Morgan fingerprint density at radius 3 is 1.36 bits per heavy atom. The molecular formula is C52H60F4N4O20. The summed E-state index contributed by atoms with van der Waals surface area (Å²) in [5.41, 5.74) is -3.45. The van der Waals surface area contributed by atoms with Crippen molar-refractivity contribution < 1.29 is 114 Å². The van der Waals surface area contributed by atoms with Gasteiger partial charge in [-0.3, -0.25) is 0 Å². The van der Waals surface area contributed by atoms with E-state index in [4.69, 9.17) is 57.8 Å². The number of carboxylic acid groups (broad SMARTS) is 2. The quantitative estimate of drug-likeness (QED) is 0.0434. The molecule has 4 aromatic rings. The zero-order valence-corrected chi connectivity index (χ0v) is 44.5. The van der Waals surface area contributed by atoms with Crippen LogP contribution in [0.2, 0.25) is 0 Å². The van der Waals surface area contributed by atoms with Crippen molar-refractivity contribution in [3.8, 4) is 0 Å². The molecule has 2 saturated heterocycles. The number of aliphatic carboxylic acids is 2. The van der Waals surface area contributed by atoms with Gasteiger partial charge < -0.3 is 69.4 Å². The maximum Gasteiger partial charge on any atom is 0.373 e. The highest BCUT2D eigenvalue weighted by atomic mass is 19.1. The van der Waals surface area contributed by atoms with Gasteiger partial charge in [0.25, 0.3) is 0 Å². The van der Waals surface area contributed by atoms with Crippen LogP contribution >= 0.6 is 0 Å². The Hall–Kier alpha value is -8.78. The van der Waals surface area contributed by atoms with E-state index in [1.165, 1.54) is 110 Å². The summed E-state index contributed by atoms with van der Waals surface area (Å²) in [5.74, 6) is -6.90. The van der Waals surface area contributed by atoms with Crippen LogP contribution in [0, 0.1) is 23.3 Å². The van der Waals surface area contributed by atoms with Crippen LogP contribution in [-0.4, -0.2) is 163 Å². The topological polar surface area (TPSA) is 333 Å². The fourth-order valence-corrected chi connectivity index (χ4v) is 7.12. The highest BCUT2D eigenvalue weighted by molar-refractivity contribution is 5.91. The summed E-state index contributed by atoms with van der Waals surface area (Å²) in [6.45, 7) is 4.09. The fraction of sp³-hybridized carbons (Fsp3) is 0.385. The number of carbonyl (C=O) groups is 6. The lowest BCUT2D eigenvalue weighted by atomic mass is 9.98. The molecule has 0 spiro atoms. The molecule has 2 aliphatic heterocycles. The lowest BCUT2D eigenvalue weighted by molar-refractivity contribution is -0.193. The van der Waals surface area contributed by atoms with E-state index in [0.717, 1.165) is 12.1 Å². The van der Waals surface area contributed by atoms with Crippen molar-refractivity contribution in [2.75, 3.05) is 104 Å².